The maximum atomic E-state index is 12.0. The topological polar surface area (TPSA) is 112 Å². The smallest absolute Gasteiger partial charge is 0.356 e. The summed E-state index contributed by atoms with van der Waals surface area (Å²) in [6.45, 7) is 1.69. The van der Waals surface area contributed by atoms with Crippen LogP contribution in [0.15, 0.2) is 42.7 Å². The third-order valence-electron chi connectivity index (χ3n) is 3.33. The molecule has 2 rings (SSSR count). The van der Waals surface area contributed by atoms with E-state index in [0.29, 0.717) is 6.42 Å². The van der Waals surface area contributed by atoms with Gasteiger partial charge in [0.1, 0.15) is 5.69 Å². The molecule has 0 bridgehead atoms. The minimum Gasteiger partial charge on any atom is -0.476 e. The zero-order valence-electron chi connectivity index (χ0n) is 12.5. The fourth-order valence-electron chi connectivity index (χ4n) is 1.97. The van der Waals surface area contributed by atoms with E-state index >= 15 is 0 Å². The lowest BCUT2D eigenvalue weighted by Gasteiger charge is -2.20. The quantitative estimate of drug-likeness (QED) is 0.730. The Kier molecular flexibility index (Phi) is 5.37. The summed E-state index contributed by atoms with van der Waals surface area (Å²) in [7, 11) is 0. The van der Waals surface area contributed by atoms with Crippen molar-refractivity contribution in [2.24, 2.45) is 0 Å². The molecule has 23 heavy (non-hydrogen) atoms. The van der Waals surface area contributed by atoms with Gasteiger partial charge in [0.15, 0.2) is 5.69 Å². The van der Waals surface area contributed by atoms with Crippen molar-refractivity contribution in [2.75, 3.05) is 0 Å². The average molecular weight is 315 g/mol. The Bertz CT molecular complexity index is 673. The van der Waals surface area contributed by atoms with E-state index in [1.54, 1.807) is 6.92 Å². The van der Waals surface area contributed by atoms with Crippen molar-refractivity contribution < 1.29 is 19.8 Å². The number of aliphatic hydroxyl groups excluding tert-OH is 1. The van der Waals surface area contributed by atoms with Crippen molar-refractivity contribution in [3.8, 4) is 0 Å². The van der Waals surface area contributed by atoms with Crippen molar-refractivity contribution in [1.82, 2.24) is 15.3 Å². The third-order valence-corrected chi connectivity index (χ3v) is 3.33. The van der Waals surface area contributed by atoms with Crippen LogP contribution in [0, 0.1) is 0 Å². The van der Waals surface area contributed by atoms with Crippen LogP contribution in [0.25, 0.3) is 0 Å². The molecule has 120 valence electrons. The minimum atomic E-state index is -1.21. The SMILES string of the molecule is CC(NC(=O)c1cnc(C(=O)O)cn1)C(O)Cc1ccccc1. The Labute approximate surface area is 133 Å². The van der Waals surface area contributed by atoms with Gasteiger partial charge in [-0.2, -0.15) is 0 Å². The second kappa shape index (κ2) is 7.46. The van der Waals surface area contributed by atoms with E-state index in [0.717, 1.165) is 18.0 Å². The number of benzene rings is 1. The highest BCUT2D eigenvalue weighted by atomic mass is 16.4. The molecule has 1 amide bonds. The van der Waals surface area contributed by atoms with Crippen molar-refractivity contribution in [2.45, 2.75) is 25.5 Å². The van der Waals surface area contributed by atoms with E-state index in [1.807, 2.05) is 30.3 Å². The summed E-state index contributed by atoms with van der Waals surface area (Å²) in [6, 6.07) is 8.95. The van der Waals surface area contributed by atoms with Gasteiger partial charge in [-0.1, -0.05) is 30.3 Å². The van der Waals surface area contributed by atoms with E-state index in [1.165, 1.54) is 0 Å². The molecule has 0 aliphatic rings. The summed E-state index contributed by atoms with van der Waals surface area (Å²) < 4.78 is 0. The molecule has 0 spiro atoms. The van der Waals surface area contributed by atoms with Crippen LogP contribution >= 0.6 is 0 Å². The Balaban J connectivity index is 1.94. The molecule has 2 aromatic rings. The lowest BCUT2D eigenvalue weighted by molar-refractivity contribution is 0.0688. The highest BCUT2D eigenvalue weighted by molar-refractivity contribution is 5.92. The van der Waals surface area contributed by atoms with E-state index in [9.17, 15) is 14.7 Å². The van der Waals surface area contributed by atoms with Gasteiger partial charge < -0.3 is 15.5 Å². The van der Waals surface area contributed by atoms with Gasteiger partial charge in [-0.15, -0.1) is 0 Å². The predicted molar refractivity (Wildman–Crippen MR) is 82.1 cm³/mol. The number of amides is 1. The summed E-state index contributed by atoms with van der Waals surface area (Å²) in [5, 5.41) is 21.5. The predicted octanol–water partition coefficient (Wildman–Crippen LogP) is 0.897. The first-order valence-electron chi connectivity index (χ1n) is 7.05. The summed E-state index contributed by atoms with van der Waals surface area (Å²) >= 11 is 0. The Morgan fingerprint density at radius 1 is 1.13 bits per heavy atom. The van der Waals surface area contributed by atoms with Crippen LogP contribution in [-0.2, 0) is 6.42 Å². The van der Waals surface area contributed by atoms with Gasteiger partial charge >= 0.3 is 5.97 Å². The van der Waals surface area contributed by atoms with Crippen LogP contribution in [0.3, 0.4) is 0 Å². The zero-order chi connectivity index (χ0) is 16.8. The summed E-state index contributed by atoms with van der Waals surface area (Å²) in [6.07, 6.45) is 1.76. The summed E-state index contributed by atoms with van der Waals surface area (Å²) in [5.41, 5.74) is 0.721. The maximum absolute atomic E-state index is 12.0. The maximum Gasteiger partial charge on any atom is 0.356 e. The number of carbonyl (C=O) groups excluding carboxylic acids is 1. The van der Waals surface area contributed by atoms with Gasteiger partial charge in [0.2, 0.25) is 0 Å². The molecule has 3 N–H and O–H groups in total. The van der Waals surface area contributed by atoms with Crippen molar-refractivity contribution in [3.05, 3.63) is 59.7 Å². The Hall–Kier alpha value is -2.80. The molecular formula is C16H17N3O4. The highest BCUT2D eigenvalue weighted by Gasteiger charge is 2.19. The van der Waals surface area contributed by atoms with Crippen molar-refractivity contribution in [1.29, 1.82) is 0 Å². The molecule has 7 heteroatoms. The highest BCUT2D eigenvalue weighted by Crippen LogP contribution is 2.06. The van der Waals surface area contributed by atoms with Gasteiger partial charge in [0.25, 0.3) is 5.91 Å². The number of aromatic nitrogens is 2. The Morgan fingerprint density at radius 3 is 2.30 bits per heavy atom. The number of hydrogen-bond acceptors (Lipinski definition) is 5. The number of carbonyl (C=O) groups is 2. The first-order chi connectivity index (χ1) is 11.0. The normalized spacial score (nSPS) is 13.1. The monoisotopic (exact) mass is 315 g/mol. The molecule has 1 aromatic heterocycles. The second-order valence-corrected chi connectivity index (χ2v) is 5.11. The number of hydrogen-bond donors (Lipinski definition) is 3. The molecule has 0 fully saturated rings. The van der Waals surface area contributed by atoms with Crippen LogP contribution in [0.2, 0.25) is 0 Å². The van der Waals surface area contributed by atoms with Crippen molar-refractivity contribution >= 4 is 11.9 Å². The molecule has 0 aliphatic carbocycles. The molecule has 0 saturated heterocycles. The number of carboxylic acid groups (broad SMARTS) is 1. The molecule has 2 unspecified atom stereocenters. The molecule has 2 atom stereocenters. The van der Waals surface area contributed by atoms with Gasteiger partial charge in [0, 0.05) is 6.42 Å². The molecule has 0 saturated carbocycles. The number of aromatic carboxylic acids is 1. The van der Waals surface area contributed by atoms with Gasteiger partial charge in [-0.3, -0.25) is 4.79 Å². The first kappa shape index (κ1) is 16.6. The largest absolute Gasteiger partial charge is 0.476 e. The van der Waals surface area contributed by atoms with E-state index < -0.39 is 24.0 Å². The number of aliphatic hydroxyl groups is 1. The zero-order valence-corrected chi connectivity index (χ0v) is 12.5. The van der Waals surface area contributed by atoms with Crippen LogP contribution < -0.4 is 5.32 Å². The molecule has 1 heterocycles. The van der Waals surface area contributed by atoms with E-state index in [4.69, 9.17) is 5.11 Å². The fraction of sp³-hybridized carbons (Fsp3) is 0.250. The van der Waals surface area contributed by atoms with Gasteiger partial charge in [-0.05, 0) is 12.5 Å². The lowest BCUT2D eigenvalue weighted by atomic mass is 10.0. The number of rotatable bonds is 6. The number of nitrogens with zero attached hydrogens (tertiary/aromatic N) is 2. The Morgan fingerprint density at radius 2 is 1.74 bits per heavy atom. The van der Waals surface area contributed by atoms with Crippen molar-refractivity contribution in [3.63, 3.8) is 0 Å². The average Bonchev–Trinajstić information content (AvgIpc) is 2.55. The minimum absolute atomic E-state index is 0.00578. The standard InChI is InChI=1S/C16H17N3O4/c1-10(14(20)7-11-5-3-2-4-6-11)19-15(21)12-8-18-13(9-17-12)16(22)23/h2-6,8-10,14,20H,7H2,1H3,(H,19,21)(H,22,23). The molecule has 0 aliphatic heterocycles. The van der Waals surface area contributed by atoms with Crippen LogP contribution in [0.4, 0.5) is 0 Å². The second-order valence-electron chi connectivity index (χ2n) is 5.11. The summed E-state index contributed by atoms with van der Waals surface area (Å²) in [4.78, 5) is 30.1. The molecular weight excluding hydrogens is 298 g/mol. The van der Waals surface area contributed by atoms with Crippen LogP contribution in [-0.4, -0.2) is 44.2 Å². The molecule has 7 nitrogen and oxygen atoms in total. The molecule has 1 aromatic carbocycles. The first-order valence-corrected chi connectivity index (χ1v) is 7.05. The molecule has 0 radical (unpaired) electrons. The summed E-state index contributed by atoms with van der Waals surface area (Å²) in [5.74, 6) is -1.73. The van der Waals surface area contributed by atoms with Crippen LogP contribution in [0.5, 0.6) is 0 Å². The number of nitrogens with one attached hydrogen (secondary N) is 1. The third kappa shape index (κ3) is 4.58. The fourth-order valence-corrected chi connectivity index (χ4v) is 1.97. The van der Waals surface area contributed by atoms with Gasteiger partial charge in [0.05, 0.1) is 24.5 Å². The van der Waals surface area contributed by atoms with E-state index in [2.05, 4.69) is 15.3 Å². The van der Waals surface area contributed by atoms with Crippen LogP contribution in [0.1, 0.15) is 33.5 Å². The lowest BCUT2D eigenvalue weighted by Crippen LogP contribution is -2.42. The van der Waals surface area contributed by atoms with E-state index in [-0.39, 0.29) is 11.4 Å². The van der Waals surface area contributed by atoms with Gasteiger partial charge in [-0.25, -0.2) is 14.8 Å². The number of carboxylic acids is 1.